The average Bonchev–Trinajstić information content (AvgIpc) is 2.98. The highest BCUT2D eigenvalue weighted by atomic mass is 19.1. The number of halogens is 1. The van der Waals surface area contributed by atoms with Crippen LogP contribution in [0, 0.1) is 22.6 Å². The lowest BCUT2D eigenvalue weighted by molar-refractivity contribution is 0.628. The molecule has 1 aliphatic carbocycles. The normalized spacial score (nSPS) is 18.0. The summed E-state index contributed by atoms with van der Waals surface area (Å²) in [4.78, 5) is 0. The Morgan fingerprint density at radius 2 is 1.93 bits per heavy atom. The highest BCUT2D eigenvalue weighted by Crippen LogP contribution is 2.46. The van der Waals surface area contributed by atoms with Gasteiger partial charge in [0.2, 0.25) is 0 Å². The fraction of sp³-hybridized carbons (Fsp3) is 0.250. The molecule has 0 bridgehead atoms. The zero-order valence-corrected chi connectivity index (χ0v) is 7.70. The molecule has 1 nitrogen and oxygen atoms in total. The van der Waals surface area contributed by atoms with Crippen molar-refractivity contribution in [3.63, 3.8) is 0 Å². The molecule has 0 spiro atoms. The highest BCUT2D eigenvalue weighted by Gasteiger charge is 2.40. The largest absolute Gasteiger partial charge is 0.207 e. The van der Waals surface area contributed by atoms with Crippen molar-refractivity contribution in [1.29, 1.82) is 5.26 Å². The Kier molecular flexibility index (Phi) is 2.09. The minimum Gasteiger partial charge on any atom is -0.207 e. The third-order valence-electron chi connectivity index (χ3n) is 2.48. The molecule has 0 amide bonds. The molecule has 0 saturated heterocycles. The first-order chi connectivity index (χ1) is 6.74. The molecule has 0 aliphatic heterocycles. The summed E-state index contributed by atoms with van der Waals surface area (Å²) in [7, 11) is 0. The predicted octanol–water partition coefficient (Wildman–Crippen LogP) is 3.14. The molecule has 0 aromatic heterocycles. The number of nitriles is 1. The molecule has 0 atom stereocenters. The lowest BCUT2D eigenvalue weighted by Gasteiger charge is -1.96. The van der Waals surface area contributed by atoms with Gasteiger partial charge in [0, 0.05) is 0 Å². The van der Waals surface area contributed by atoms with Crippen molar-refractivity contribution >= 4 is 6.08 Å². The standard InChI is InChI=1S/C12H10FN/c13-11-3-1-10(2-4-11)5-6-12(9-14)7-8-12/h1-6H,7-8H2/b6-5+. The average molecular weight is 187 g/mol. The predicted molar refractivity (Wildman–Crippen MR) is 52.7 cm³/mol. The monoisotopic (exact) mass is 187 g/mol. The van der Waals surface area contributed by atoms with Crippen LogP contribution in [-0.2, 0) is 0 Å². The molecule has 2 rings (SSSR count). The number of hydrogen-bond acceptors (Lipinski definition) is 1. The third kappa shape index (κ3) is 1.82. The summed E-state index contributed by atoms with van der Waals surface area (Å²) in [5.41, 5.74) is 0.710. The van der Waals surface area contributed by atoms with E-state index in [1.807, 2.05) is 12.2 Å². The van der Waals surface area contributed by atoms with Gasteiger partial charge in [-0.2, -0.15) is 5.26 Å². The summed E-state index contributed by atoms with van der Waals surface area (Å²) in [6.07, 6.45) is 5.69. The van der Waals surface area contributed by atoms with E-state index in [4.69, 9.17) is 5.26 Å². The van der Waals surface area contributed by atoms with E-state index in [-0.39, 0.29) is 11.2 Å². The van der Waals surface area contributed by atoms with Gasteiger partial charge in [-0.15, -0.1) is 0 Å². The first kappa shape index (κ1) is 8.96. The molecule has 1 aliphatic rings. The van der Waals surface area contributed by atoms with Crippen LogP contribution in [0.25, 0.3) is 6.08 Å². The first-order valence-electron chi connectivity index (χ1n) is 4.60. The topological polar surface area (TPSA) is 23.8 Å². The number of rotatable bonds is 2. The number of hydrogen-bond donors (Lipinski definition) is 0. The Balaban J connectivity index is 2.12. The van der Waals surface area contributed by atoms with Crippen LogP contribution in [0.15, 0.2) is 30.3 Å². The van der Waals surface area contributed by atoms with Gasteiger partial charge in [0.1, 0.15) is 5.82 Å². The van der Waals surface area contributed by atoms with E-state index in [2.05, 4.69) is 6.07 Å². The van der Waals surface area contributed by atoms with Gasteiger partial charge in [0.05, 0.1) is 11.5 Å². The van der Waals surface area contributed by atoms with Crippen LogP contribution < -0.4 is 0 Å². The molecular formula is C12H10FN. The Morgan fingerprint density at radius 3 is 2.43 bits per heavy atom. The summed E-state index contributed by atoms with van der Waals surface area (Å²) < 4.78 is 12.6. The van der Waals surface area contributed by atoms with E-state index in [1.54, 1.807) is 12.1 Å². The van der Waals surface area contributed by atoms with Crippen molar-refractivity contribution in [2.24, 2.45) is 5.41 Å². The Hall–Kier alpha value is -1.62. The quantitative estimate of drug-likeness (QED) is 0.697. The fourth-order valence-electron chi connectivity index (χ4n) is 1.28. The van der Waals surface area contributed by atoms with E-state index >= 15 is 0 Å². The Bertz CT molecular complexity index is 393. The van der Waals surface area contributed by atoms with Crippen LogP contribution in [0.3, 0.4) is 0 Å². The number of benzene rings is 1. The van der Waals surface area contributed by atoms with Gasteiger partial charge in [0.25, 0.3) is 0 Å². The van der Waals surface area contributed by atoms with Crippen LogP contribution in [-0.4, -0.2) is 0 Å². The Labute approximate surface area is 82.5 Å². The number of allylic oxidation sites excluding steroid dienone is 1. The van der Waals surface area contributed by atoms with Crippen LogP contribution >= 0.6 is 0 Å². The van der Waals surface area contributed by atoms with E-state index in [9.17, 15) is 4.39 Å². The molecule has 1 aromatic carbocycles. The van der Waals surface area contributed by atoms with Gasteiger partial charge in [-0.1, -0.05) is 24.3 Å². The second kappa shape index (κ2) is 3.26. The van der Waals surface area contributed by atoms with Crippen molar-refractivity contribution in [3.05, 3.63) is 41.7 Å². The molecule has 0 unspecified atom stereocenters. The molecule has 1 aromatic rings. The SMILES string of the molecule is N#CC1(/C=C/c2ccc(F)cc2)CC1. The third-order valence-corrected chi connectivity index (χ3v) is 2.48. The van der Waals surface area contributed by atoms with Gasteiger partial charge in [-0.05, 0) is 30.5 Å². The zero-order valence-electron chi connectivity index (χ0n) is 7.70. The lowest BCUT2D eigenvalue weighted by atomic mass is 10.1. The van der Waals surface area contributed by atoms with Crippen molar-refractivity contribution in [2.45, 2.75) is 12.8 Å². The van der Waals surface area contributed by atoms with Gasteiger partial charge in [-0.3, -0.25) is 0 Å². The molecule has 0 radical (unpaired) electrons. The van der Waals surface area contributed by atoms with Crippen molar-refractivity contribution in [1.82, 2.24) is 0 Å². The van der Waals surface area contributed by atoms with Crippen molar-refractivity contribution in [2.75, 3.05) is 0 Å². The number of nitrogens with zero attached hydrogens (tertiary/aromatic N) is 1. The molecule has 2 heteroatoms. The van der Waals surface area contributed by atoms with E-state index in [1.165, 1.54) is 12.1 Å². The van der Waals surface area contributed by atoms with Gasteiger partial charge in [-0.25, -0.2) is 4.39 Å². The van der Waals surface area contributed by atoms with Gasteiger partial charge >= 0.3 is 0 Å². The minimum absolute atomic E-state index is 0.228. The summed E-state index contributed by atoms with van der Waals surface area (Å²) >= 11 is 0. The summed E-state index contributed by atoms with van der Waals surface area (Å²) in [6.45, 7) is 0. The smallest absolute Gasteiger partial charge is 0.123 e. The van der Waals surface area contributed by atoms with Crippen LogP contribution in [0.1, 0.15) is 18.4 Å². The van der Waals surface area contributed by atoms with Crippen LogP contribution in [0.2, 0.25) is 0 Å². The van der Waals surface area contributed by atoms with E-state index < -0.39 is 0 Å². The van der Waals surface area contributed by atoms with Crippen molar-refractivity contribution in [3.8, 4) is 6.07 Å². The summed E-state index contributed by atoms with van der Waals surface area (Å²) in [5, 5.41) is 8.82. The molecule has 70 valence electrons. The molecule has 1 fully saturated rings. The maximum Gasteiger partial charge on any atom is 0.123 e. The van der Waals surface area contributed by atoms with Gasteiger partial charge < -0.3 is 0 Å². The Morgan fingerprint density at radius 1 is 1.29 bits per heavy atom. The molecule has 0 N–H and O–H groups in total. The second-order valence-electron chi connectivity index (χ2n) is 3.65. The lowest BCUT2D eigenvalue weighted by Crippen LogP contribution is -1.87. The van der Waals surface area contributed by atoms with Crippen LogP contribution in [0.4, 0.5) is 4.39 Å². The van der Waals surface area contributed by atoms with Gasteiger partial charge in [0.15, 0.2) is 0 Å². The first-order valence-corrected chi connectivity index (χ1v) is 4.60. The maximum atomic E-state index is 12.6. The summed E-state index contributed by atoms with van der Waals surface area (Å²) in [5.74, 6) is -0.233. The zero-order chi connectivity index (χ0) is 10.0. The molecule has 1 saturated carbocycles. The second-order valence-corrected chi connectivity index (χ2v) is 3.65. The molecular weight excluding hydrogens is 177 g/mol. The van der Waals surface area contributed by atoms with E-state index in [0.29, 0.717) is 0 Å². The van der Waals surface area contributed by atoms with Crippen molar-refractivity contribution < 1.29 is 4.39 Å². The highest BCUT2D eigenvalue weighted by molar-refractivity contribution is 5.51. The fourth-order valence-corrected chi connectivity index (χ4v) is 1.28. The van der Waals surface area contributed by atoms with Crippen LogP contribution in [0.5, 0.6) is 0 Å². The minimum atomic E-state index is -0.233. The molecule has 14 heavy (non-hydrogen) atoms. The molecule has 0 heterocycles. The summed E-state index contributed by atoms with van der Waals surface area (Å²) in [6, 6.07) is 8.53. The van der Waals surface area contributed by atoms with E-state index in [0.717, 1.165) is 18.4 Å². The maximum absolute atomic E-state index is 12.6.